The molecule has 0 radical (unpaired) electrons. The van der Waals surface area contributed by atoms with Crippen molar-refractivity contribution >= 4 is 43.2 Å². The summed E-state index contributed by atoms with van der Waals surface area (Å²) >= 11 is 1.78. The second-order valence-electron chi connectivity index (χ2n) is 6.85. The van der Waals surface area contributed by atoms with E-state index < -0.39 is 0 Å². The molecule has 0 spiro atoms. The number of fused-ring (bicyclic) bond motifs is 4. The Bertz CT molecular complexity index is 1460. The highest BCUT2D eigenvalue weighted by molar-refractivity contribution is 7.17. The SMILES string of the molecule is c1ccc(-c2cc(-n3c4ccccc4c4cc5sccc5cc43)cnn2)cc1. The average molecular weight is 377 g/mol. The fourth-order valence-electron chi connectivity index (χ4n) is 3.93. The highest BCUT2D eigenvalue weighted by atomic mass is 32.1. The minimum absolute atomic E-state index is 0.876. The first-order chi connectivity index (χ1) is 13.9. The van der Waals surface area contributed by atoms with E-state index in [1.54, 1.807) is 11.3 Å². The number of thiophene rings is 1. The van der Waals surface area contributed by atoms with E-state index in [0.717, 1.165) is 16.9 Å². The standard InChI is InChI=1S/C24H15N3S/c1-2-6-16(7-3-1)21-13-18(15-25-26-21)27-22-9-5-4-8-19(22)20-14-24-17(10-11-28-24)12-23(20)27/h1-15H. The number of hydrogen-bond acceptors (Lipinski definition) is 3. The zero-order valence-electron chi connectivity index (χ0n) is 14.9. The molecule has 3 aromatic heterocycles. The van der Waals surface area contributed by atoms with Gasteiger partial charge >= 0.3 is 0 Å². The maximum Gasteiger partial charge on any atom is 0.0950 e. The van der Waals surface area contributed by atoms with E-state index in [4.69, 9.17) is 0 Å². The molecular weight excluding hydrogens is 362 g/mol. The topological polar surface area (TPSA) is 30.7 Å². The smallest absolute Gasteiger partial charge is 0.0950 e. The molecule has 0 amide bonds. The van der Waals surface area contributed by atoms with Crippen molar-refractivity contribution in [3.8, 4) is 16.9 Å². The third-order valence-corrected chi connectivity index (χ3v) is 6.09. The Morgan fingerprint density at radius 1 is 0.750 bits per heavy atom. The van der Waals surface area contributed by atoms with Gasteiger partial charge in [-0.3, -0.25) is 0 Å². The van der Waals surface area contributed by atoms with Crippen molar-refractivity contribution in [1.82, 2.24) is 14.8 Å². The van der Waals surface area contributed by atoms with Crippen LogP contribution in [0.25, 0.3) is 48.8 Å². The summed E-state index contributed by atoms with van der Waals surface area (Å²) in [6.45, 7) is 0. The molecular formula is C24H15N3S. The van der Waals surface area contributed by atoms with Crippen LogP contribution in [0.3, 0.4) is 0 Å². The minimum Gasteiger partial charge on any atom is -0.308 e. The number of nitrogens with zero attached hydrogens (tertiary/aromatic N) is 3. The number of benzene rings is 3. The predicted octanol–water partition coefficient (Wildman–Crippen LogP) is 6.46. The zero-order chi connectivity index (χ0) is 18.5. The maximum atomic E-state index is 4.36. The summed E-state index contributed by atoms with van der Waals surface area (Å²) in [6, 6.07) is 27.6. The number of aromatic nitrogens is 3. The van der Waals surface area contributed by atoms with Crippen LogP contribution in [0.4, 0.5) is 0 Å². The normalized spacial score (nSPS) is 11.6. The molecule has 0 aliphatic rings. The van der Waals surface area contributed by atoms with Crippen LogP contribution in [-0.2, 0) is 0 Å². The maximum absolute atomic E-state index is 4.36. The molecule has 0 unspecified atom stereocenters. The molecule has 0 saturated heterocycles. The minimum atomic E-state index is 0.876. The van der Waals surface area contributed by atoms with Gasteiger partial charge in [0.25, 0.3) is 0 Å². The second kappa shape index (κ2) is 6.01. The average Bonchev–Trinajstić information content (AvgIpc) is 3.34. The molecule has 0 aliphatic heterocycles. The summed E-state index contributed by atoms with van der Waals surface area (Å²) < 4.78 is 3.61. The van der Waals surface area contributed by atoms with Crippen LogP contribution in [0, 0.1) is 0 Å². The lowest BCUT2D eigenvalue weighted by Gasteiger charge is -2.09. The van der Waals surface area contributed by atoms with Gasteiger partial charge in [-0.15, -0.1) is 11.3 Å². The number of rotatable bonds is 2. The van der Waals surface area contributed by atoms with Crippen molar-refractivity contribution in [2.24, 2.45) is 0 Å². The van der Waals surface area contributed by atoms with E-state index in [0.29, 0.717) is 0 Å². The van der Waals surface area contributed by atoms with Gasteiger partial charge in [0, 0.05) is 21.0 Å². The van der Waals surface area contributed by atoms with Crippen molar-refractivity contribution in [2.45, 2.75) is 0 Å². The molecule has 3 heterocycles. The number of hydrogen-bond donors (Lipinski definition) is 0. The van der Waals surface area contributed by atoms with Gasteiger partial charge in [-0.1, -0.05) is 48.5 Å². The highest BCUT2D eigenvalue weighted by Gasteiger charge is 2.14. The first kappa shape index (κ1) is 15.5. The Hall–Kier alpha value is -3.50. The molecule has 0 aliphatic carbocycles. The van der Waals surface area contributed by atoms with E-state index in [-0.39, 0.29) is 0 Å². The first-order valence-electron chi connectivity index (χ1n) is 9.17. The van der Waals surface area contributed by atoms with Crippen LogP contribution >= 0.6 is 11.3 Å². The van der Waals surface area contributed by atoms with E-state index >= 15 is 0 Å². The van der Waals surface area contributed by atoms with Crippen LogP contribution in [0.5, 0.6) is 0 Å². The van der Waals surface area contributed by atoms with Crippen LogP contribution in [0.2, 0.25) is 0 Å². The highest BCUT2D eigenvalue weighted by Crippen LogP contribution is 2.36. The molecule has 0 saturated carbocycles. The van der Waals surface area contributed by atoms with Crippen molar-refractivity contribution in [1.29, 1.82) is 0 Å². The van der Waals surface area contributed by atoms with Gasteiger partial charge in [-0.05, 0) is 41.1 Å². The molecule has 3 nitrogen and oxygen atoms in total. The van der Waals surface area contributed by atoms with E-state index in [1.165, 1.54) is 31.9 Å². The van der Waals surface area contributed by atoms with Gasteiger partial charge in [0.1, 0.15) is 0 Å². The lowest BCUT2D eigenvalue weighted by molar-refractivity contribution is 1.01. The Kier molecular flexibility index (Phi) is 3.34. The van der Waals surface area contributed by atoms with Crippen LogP contribution in [0.15, 0.2) is 90.4 Å². The summed E-state index contributed by atoms with van der Waals surface area (Å²) in [5, 5.41) is 14.6. The molecule has 28 heavy (non-hydrogen) atoms. The summed E-state index contributed by atoms with van der Waals surface area (Å²) in [6.07, 6.45) is 1.84. The van der Waals surface area contributed by atoms with Crippen molar-refractivity contribution in [2.75, 3.05) is 0 Å². The second-order valence-corrected chi connectivity index (χ2v) is 7.79. The third kappa shape index (κ3) is 2.28. The molecule has 132 valence electrons. The van der Waals surface area contributed by atoms with Gasteiger partial charge in [0.15, 0.2) is 0 Å². The molecule has 0 fully saturated rings. The molecule has 6 rings (SSSR count). The summed E-state index contributed by atoms with van der Waals surface area (Å²) in [4.78, 5) is 0. The lowest BCUT2D eigenvalue weighted by atomic mass is 10.1. The molecule has 0 atom stereocenters. The molecule has 0 bridgehead atoms. The lowest BCUT2D eigenvalue weighted by Crippen LogP contribution is -1.97. The molecule has 0 N–H and O–H groups in total. The summed E-state index contributed by atoms with van der Waals surface area (Å²) in [7, 11) is 0. The van der Waals surface area contributed by atoms with E-state index in [2.05, 4.69) is 80.8 Å². The van der Waals surface area contributed by atoms with Crippen LogP contribution < -0.4 is 0 Å². The van der Waals surface area contributed by atoms with Gasteiger partial charge < -0.3 is 4.57 Å². The Morgan fingerprint density at radius 3 is 2.54 bits per heavy atom. The van der Waals surface area contributed by atoms with Gasteiger partial charge in [-0.25, -0.2) is 0 Å². The van der Waals surface area contributed by atoms with Crippen molar-refractivity contribution in [3.63, 3.8) is 0 Å². The fraction of sp³-hybridized carbons (Fsp3) is 0. The summed E-state index contributed by atoms with van der Waals surface area (Å²) in [5.74, 6) is 0. The Labute approximate surface area is 165 Å². The predicted molar refractivity (Wildman–Crippen MR) is 117 cm³/mol. The third-order valence-electron chi connectivity index (χ3n) is 5.21. The van der Waals surface area contributed by atoms with E-state index in [9.17, 15) is 0 Å². The van der Waals surface area contributed by atoms with Crippen molar-refractivity contribution in [3.05, 3.63) is 90.4 Å². The first-order valence-corrected chi connectivity index (χ1v) is 10.1. The fourth-order valence-corrected chi connectivity index (χ4v) is 4.74. The quantitative estimate of drug-likeness (QED) is 0.347. The molecule has 6 aromatic rings. The molecule has 3 aromatic carbocycles. The van der Waals surface area contributed by atoms with E-state index in [1.807, 2.05) is 24.4 Å². The van der Waals surface area contributed by atoms with Gasteiger partial charge in [-0.2, -0.15) is 10.2 Å². The Morgan fingerprint density at radius 2 is 1.61 bits per heavy atom. The molecule has 4 heteroatoms. The largest absolute Gasteiger partial charge is 0.308 e. The van der Waals surface area contributed by atoms with Crippen LogP contribution in [-0.4, -0.2) is 14.8 Å². The monoisotopic (exact) mass is 377 g/mol. The van der Waals surface area contributed by atoms with Gasteiger partial charge in [0.05, 0.1) is 28.6 Å². The zero-order valence-corrected chi connectivity index (χ0v) is 15.7. The summed E-state index contributed by atoms with van der Waals surface area (Å²) in [5.41, 5.74) is 5.34. The van der Waals surface area contributed by atoms with Crippen molar-refractivity contribution < 1.29 is 0 Å². The van der Waals surface area contributed by atoms with Gasteiger partial charge in [0.2, 0.25) is 0 Å². The Balaban J connectivity index is 1.69. The van der Waals surface area contributed by atoms with Crippen LogP contribution in [0.1, 0.15) is 0 Å². The number of para-hydroxylation sites is 1.